The van der Waals surface area contributed by atoms with E-state index in [4.69, 9.17) is 0 Å². The van der Waals surface area contributed by atoms with Crippen LogP contribution in [0.25, 0.3) is 0 Å². The first-order valence-electron chi connectivity index (χ1n) is 6.33. The molecule has 1 aromatic rings. The molecule has 1 heterocycles. The number of hydrogen-bond donors (Lipinski definition) is 2. The molecule has 3 nitrogen and oxygen atoms in total. The van der Waals surface area contributed by atoms with E-state index in [2.05, 4.69) is 29.5 Å². The van der Waals surface area contributed by atoms with Crippen LogP contribution in [0.3, 0.4) is 0 Å². The molecule has 0 saturated heterocycles. The van der Waals surface area contributed by atoms with Gasteiger partial charge in [0.05, 0.1) is 16.8 Å². The minimum atomic E-state index is -0.204. The van der Waals surface area contributed by atoms with E-state index in [9.17, 15) is 5.11 Å². The Balaban J connectivity index is 2.22. The van der Waals surface area contributed by atoms with Gasteiger partial charge in [0.1, 0.15) is 0 Å². The third-order valence-corrected chi connectivity index (χ3v) is 3.95. The molecule has 0 aromatic carbocycles. The molecule has 0 fully saturated rings. The van der Waals surface area contributed by atoms with Crippen LogP contribution < -0.4 is 5.32 Å². The molecule has 1 unspecified atom stereocenters. The van der Waals surface area contributed by atoms with E-state index in [0.29, 0.717) is 11.8 Å². The fraction of sp³-hybridized carbons (Fsp3) is 0.769. The van der Waals surface area contributed by atoms with Crippen LogP contribution in [-0.4, -0.2) is 22.7 Å². The van der Waals surface area contributed by atoms with Gasteiger partial charge in [-0.2, -0.15) is 0 Å². The highest BCUT2D eigenvalue weighted by atomic mass is 32.1. The quantitative estimate of drug-likeness (QED) is 0.737. The Kier molecular flexibility index (Phi) is 6.09. The van der Waals surface area contributed by atoms with Gasteiger partial charge in [0.15, 0.2) is 0 Å². The van der Waals surface area contributed by atoms with Crippen LogP contribution in [0.4, 0.5) is 0 Å². The van der Waals surface area contributed by atoms with Crippen molar-refractivity contribution < 1.29 is 5.11 Å². The summed E-state index contributed by atoms with van der Waals surface area (Å²) in [4.78, 5) is 4.56. The van der Waals surface area contributed by atoms with Gasteiger partial charge in [0.25, 0.3) is 0 Å². The predicted molar refractivity (Wildman–Crippen MR) is 73.4 cm³/mol. The fourth-order valence-electron chi connectivity index (χ4n) is 1.47. The summed E-state index contributed by atoms with van der Waals surface area (Å²) in [5.74, 6) is 0.847. The van der Waals surface area contributed by atoms with Crippen LogP contribution in [0.15, 0.2) is 5.38 Å². The molecular formula is C13H24N2OS. The Bertz CT molecular complexity index is 323. The minimum absolute atomic E-state index is 0.204. The highest BCUT2D eigenvalue weighted by molar-refractivity contribution is 7.09. The van der Waals surface area contributed by atoms with Crippen molar-refractivity contribution in [2.45, 2.75) is 52.7 Å². The molecule has 2 N–H and O–H groups in total. The normalized spacial score (nSPS) is 13.6. The van der Waals surface area contributed by atoms with Crippen molar-refractivity contribution in [3.05, 3.63) is 16.1 Å². The van der Waals surface area contributed by atoms with E-state index in [1.807, 2.05) is 13.8 Å². The summed E-state index contributed by atoms with van der Waals surface area (Å²) in [6, 6.07) is 0. The molecule has 0 saturated carbocycles. The van der Waals surface area contributed by atoms with Crippen LogP contribution in [-0.2, 0) is 6.54 Å². The van der Waals surface area contributed by atoms with Crippen LogP contribution in [0.5, 0.6) is 0 Å². The van der Waals surface area contributed by atoms with Gasteiger partial charge in [-0.1, -0.05) is 27.7 Å². The van der Waals surface area contributed by atoms with Gasteiger partial charge in [0.2, 0.25) is 0 Å². The zero-order valence-corrected chi connectivity index (χ0v) is 12.0. The van der Waals surface area contributed by atoms with Gasteiger partial charge in [-0.15, -0.1) is 11.3 Å². The van der Waals surface area contributed by atoms with Gasteiger partial charge in [0, 0.05) is 17.8 Å². The molecule has 1 atom stereocenters. The lowest BCUT2D eigenvalue weighted by Crippen LogP contribution is -2.23. The Morgan fingerprint density at radius 1 is 1.35 bits per heavy atom. The van der Waals surface area contributed by atoms with E-state index >= 15 is 0 Å². The first kappa shape index (κ1) is 14.6. The van der Waals surface area contributed by atoms with Gasteiger partial charge >= 0.3 is 0 Å². The number of aromatic nitrogens is 1. The van der Waals surface area contributed by atoms with Gasteiger partial charge in [-0.3, -0.25) is 0 Å². The van der Waals surface area contributed by atoms with Crippen molar-refractivity contribution in [1.29, 1.82) is 0 Å². The van der Waals surface area contributed by atoms with Gasteiger partial charge < -0.3 is 10.4 Å². The monoisotopic (exact) mass is 256 g/mol. The molecule has 0 amide bonds. The third kappa shape index (κ3) is 5.15. The van der Waals surface area contributed by atoms with Crippen molar-refractivity contribution in [2.24, 2.45) is 5.92 Å². The van der Waals surface area contributed by atoms with E-state index in [-0.39, 0.29) is 6.10 Å². The van der Waals surface area contributed by atoms with Crippen LogP contribution in [0.2, 0.25) is 0 Å². The van der Waals surface area contributed by atoms with Crippen molar-refractivity contribution >= 4 is 11.3 Å². The highest BCUT2D eigenvalue weighted by Gasteiger charge is 2.08. The Labute approximate surface area is 108 Å². The number of nitrogens with one attached hydrogen (secondary N) is 1. The van der Waals surface area contributed by atoms with Gasteiger partial charge in [-0.05, 0) is 18.9 Å². The van der Waals surface area contributed by atoms with Crippen molar-refractivity contribution in [2.75, 3.05) is 6.54 Å². The molecule has 0 bridgehead atoms. The average molecular weight is 256 g/mol. The fourth-order valence-corrected chi connectivity index (χ4v) is 2.30. The van der Waals surface area contributed by atoms with Gasteiger partial charge in [-0.25, -0.2) is 4.98 Å². The number of rotatable bonds is 7. The van der Waals surface area contributed by atoms with Crippen LogP contribution >= 0.6 is 11.3 Å². The SMILES string of the molecule is CC(C)c1nc(CNCCC(O)C(C)C)cs1. The highest BCUT2D eigenvalue weighted by Crippen LogP contribution is 2.18. The topological polar surface area (TPSA) is 45.2 Å². The third-order valence-electron chi connectivity index (χ3n) is 2.76. The summed E-state index contributed by atoms with van der Waals surface area (Å²) in [5, 5.41) is 16.3. The Hall–Kier alpha value is -0.450. The molecule has 0 spiro atoms. The lowest BCUT2D eigenvalue weighted by molar-refractivity contribution is 0.116. The second-order valence-corrected chi connectivity index (χ2v) is 6.00. The number of nitrogens with zero attached hydrogens (tertiary/aromatic N) is 1. The molecule has 0 aliphatic rings. The summed E-state index contributed by atoms with van der Waals surface area (Å²) in [5.41, 5.74) is 1.11. The minimum Gasteiger partial charge on any atom is -0.393 e. The van der Waals surface area contributed by atoms with E-state index < -0.39 is 0 Å². The van der Waals surface area contributed by atoms with Crippen LogP contribution in [0, 0.1) is 5.92 Å². The summed E-state index contributed by atoms with van der Waals surface area (Å²) in [7, 11) is 0. The van der Waals surface area contributed by atoms with E-state index in [1.54, 1.807) is 11.3 Å². The van der Waals surface area contributed by atoms with Crippen molar-refractivity contribution in [3.8, 4) is 0 Å². The maximum Gasteiger partial charge on any atom is 0.0954 e. The maximum atomic E-state index is 9.65. The average Bonchev–Trinajstić information content (AvgIpc) is 2.72. The number of thiazole rings is 1. The standard InChI is InChI=1S/C13H24N2OS/c1-9(2)12(16)5-6-14-7-11-8-17-13(15-11)10(3)4/h8-10,12,14,16H,5-7H2,1-4H3. The summed E-state index contributed by atoms with van der Waals surface area (Å²) < 4.78 is 0. The second kappa shape index (κ2) is 7.09. The summed E-state index contributed by atoms with van der Waals surface area (Å²) in [6.07, 6.45) is 0.600. The predicted octanol–water partition coefficient (Wildman–Crippen LogP) is 2.76. The molecule has 0 radical (unpaired) electrons. The van der Waals surface area contributed by atoms with Crippen molar-refractivity contribution in [1.82, 2.24) is 10.3 Å². The number of aliphatic hydroxyl groups is 1. The molecular weight excluding hydrogens is 232 g/mol. The van der Waals surface area contributed by atoms with Crippen molar-refractivity contribution in [3.63, 3.8) is 0 Å². The second-order valence-electron chi connectivity index (χ2n) is 5.11. The van der Waals surface area contributed by atoms with Crippen LogP contribution in [0.1, 0.15) is 50.7 Å². The molecule has 98 valence electrons. The molecule has 0 aliphatic carbocycles. The number of aliphatic hydroxyl groups excluding tert-OH is 1. The molecule has 17 heavy (non-hydrogen) atoms. The summed E-state index contributed by atoms with van der Waals surface area (Å²) >= 11 is 1.73. The molecule has 4 heteroatoms. The zero-order valence-electron chi connectivity index (χ0n) is 11.2. The maximum absolute atomic E-state index is 9.65. The largest absolute Gasteiger partial charge is 0.393 e. The molecule has 1 rings (SSSR count). The zero-order chi connectivity index (χ0) is 12.8. The summed E-state index contributed by atoms with van der Waals surface area (Å²) in [6.45, 7) is 10.0. The smallest absolute Gasteiger partial charge is 0.0954 e. The first-order chi connectivity index (χ1) is 8.00. The lowest BCUT2D eigenvalue weighted by atomic mass is 10.0. The lowest BCUT2D eigenvalue weighted by Gasteiger charge is -2.14. The van der Waals surface area contributed by atoms with E-state index in [1.165, 1.54) is 5.01 Å². The Morgan fingerprint density at radius 3 is 2.59 bits per heavy atom. The van der Waals surface area contributed by atoms with E-state index in [0.717, 1.165) is 25.2 Å². The first-order valence-corrected chi connectivity index (χ1v) is 7.21. The molecule has 0 aliphatic heterocycles. The molecule has 1 aromatic heterocycles. The number of hydrogen-bond acceptors (Lipinski definition) is 4. The Morgan fingerprint density at radius 2 is 2.06 bits per heavy atom.